The van der Waals surface area contributed by atoms with Crippen LogP contribution in [0.2, 0.25) is 0 Å². The molecule has 1 aliphatic heterocycles. The normalized spacial score (nSPS) is 17.4. The van der Waals surface area contributed by atoms with Crippen LogP contribution in [0, 0.1) is 5.82 Å². The highest BCUT2D eigenvalue weighted by molar-refractivity contribution is 9.10. The van der Waals surface area contributed by atoms with Crippen LogP contribution in [-0.4, -0.2) is 24.3 Å². The van der Waals surface area contributed by atoms with Crippen LogP contribution < -0.4 is 19.7 Å². The fourth-order valence-electron chi connectivity index (χ4n) is 4.23. The zero-order valence-corrected chi connectivity index (χ0v) is 21.3. The average molecular weight is 554 g/mol. The minimum Gasteiger partial charge on any atom is -0.497 e. The van der Waals surface area contributed by atoms with Crippen molar-refractivity contribution in [2.24, 2.45) is 0 Å². The molecule has 1 fully saturated rings. The average Bonchev–Trinajstić information content (AvgIpc) is 3.48. The second kappa shape index (κ2) is 9.67. The molecule has 0 radical (unpaired) electrons. The minimum absolute atomic E-state index is 0.315. The summed E-state index contributed by atoms with van der Waals surface area (Å²) in [4.78, 5) is 6.49. The van der Waals surface area contributed by atoms with E-state index in [2.05, 4.69) is 26.2 Å². The fraction of sp³-hybridized carbons (Fsp3) is 0.154. The van der Waals surface area contributed by atoms with Gasteiger partial charge in [-0.15, -0.1) is 0 Å². The van der Waals surface area contributed by atoms with Crippen molar-refractivity contribution in [3.05, 3.63) is 94.7 Å². The summed E-state index contributed by atoms with van der Waals surface area (Å²) >= 11 is 9.07. The number of furan rings is 1. The fourth-order valence-corrected chi connectivity index (χ4v) is 4.91. The highest BCUT2D eigenvalue weighted by Crippen LogP contribution is 2.46. The number of anilines is 1. The number of methoxy groups -OCH3 is 2. The number of ether oxygens (including phenoxy) is 2. The first-order valence-corrected chi connectivity index (χ1v) is 12.0. The van der Waals surface area contributed by atoms with Crippen LogP contribution in [0.3, 0.4) is 0 Å². The van der Waals surface area contributed by atoms with Crippen LogP contribution >= 0.6 is 28.1 Å². The van der Waals surface area contributed by atoms with Crippen LogP contribution in [0.5, 0.6) is 11.5 Å². The van der Waals surface area contributed by atoms with Gasteiger partial charge in [0.1, 0.15) is 34.9 Å². The van der Waals surface area contributed by atoms with Gasteiger partial charge in [0.2, 0.25) is 0 Å². The molecule has 2 aromatic heterocycles. The third-order valence-electron chi connectivity index (χ3n) is 5.86. The van der Waals surface area contributed by atoms with Crippen molar-refractivity contribution in [1.82, 2.24) is 10.3 Å². The molecule has 0 aliphatic carbocycles. The lowest BCUT2D eigenvalue weighted by molar-refractivity contribution is 0.392. The number of hydrogen-bond acceptors (Lipinski definition) is 5. The minimum atomic E-state index is -0.410. The molecule has 0 spiro atoms. The smallest absolute Gasteiger partial charge is 0.174 e. The molecule has 3 heterocycles. The standard InChI is InChI=1S/C26H21BrFN3O3S/c1-32-16-7-9-20(23(14-16)33-2)31-25(24(30-26(31)35)19-5-3-4-12-29-19)22-11-10-21(34-22)17-8-6-15(27)13-18(17)28/h3-14,24-25H,1-2H3,(H,30,35)/t24-,25+/m0/s1. The number of aromatic nitrogens is 1. The van der Waals surface area contributed by atoms with Gasteiger partial charge in [-0.2, -0.15) is 0 Å². The highest BCUT2D eigenvalue weighted by Gasteiger charge is 2.43. The summed E-state index contributed by atoms with van der Waals surface area (Å²) in [5.41, 5.74) is 1.90. The molecular weight excluding hydrogens is 533 g/mol. The van der Waals surface area contributed by atoms with E-state index < -0.39 is 6.04 Å². The molecule has 1 saturated heterocycles. The van der Waals surface area contributed by atoms with Gasteiger partial charge < -0.3 is 24.1 Å². The predicted molar refractivity (Wildman–Crippen MR) is 139 cm³/mol. The molecule has 5 rings (SSSR count). The number of hydrogen-bond donors (Lipinski definition) is 1. The molecule has 1 N–H and O–H groups in total. The number of nitrogens with one attached hydrogen (secondary N) is 1. The second-order valence-corrected chi connectivity index (χ2v) is 9.16. The van der Waals surface area contributed by atoms with Crippen molar-refractivity contribution < 1.29 is 18.3 Å². The summed E-state index contributed by atoms with van der Waals surface area (Å²) < 4.78 is 32.6. The molecule has 4 aromatic rings. The Morgan fingerprint density at radius 1 is 1.06 bits per heavy atom. The van der Waals surface area contributed by atoms with Gasteiger partial charge in [-0.1, -0.05) is 22.0 Å². The van der Waals surface area contributed by atoms with E-state index >= 15 is 0 Å². The molecule has 0 bridgehead atoms. The maximum atomic E-state index is 14.7. The topological polar surface area (TPSA) is 59.8 Å². The summed E-state index contributed by atoms with van der Waals surface area (Å²) in [6.07, 6.45) is 1.73. The van der Waals surface area contributed by atoms with Crippen molar-refractivity contribution in [3.63, 3.8) is 0 Å². The number of halogens is 2. The number of benzene rings is 2. The SMILES string of the molecule is COc1ccc(N2C(=S)N[C@@H](c3ccccn3)[C@H]2c2ccc(-c3ccc(Br)cc3F)o2)c(OC)c1. The number of nitrogens with zero attached hydrogens (tertiary/aromatic N) is 2. The molecule has 0 unspecified atom stereocenters. The quantitative estimate of drug-likeness (QED) is 0.276. The maximum absolute atomic E-state index is 14.7. The summed E-state index contributed by atoms with van der Waals surface area (Å²) in [6, 6.07) is 19.0. The van der Waals surface area contributed by atoms with E-state index in [-0.39, 0.29) is 11.9 Å². The zero-order chi connectivity index (χ0) is 24.5. The van der Waals surface area contributed by atoms with Crippen LogP contribution in [0.4, 0.5) is 10.1 Å². The molecule has 2 atom stereocenters. The second-order valence-electron chi connectivity index (χ2n) is 7.86. The van der Waals surface area contributed by atoms with Gasteiger partial charge in [0.05, 0.1) is 37.2 Å². The van der Waals surface area contributed by atoms with Gasteiger partial charge in [0, 0.05) is 16.7 Å². The first kappa shape index (κ1) is 23.3. The lowest BCUT2D eigenvalue weighted by Gasteiger charge is -2.27. The van der Waals surface area contributed by atoms with Crippen molar-refractivity contribution in [2.75, 3.05) is 19.1 Å². The molecule has 35 heavy (non-hydrogen) atoms. The van der Waals surface area contributed by atoms with Crippen molar-refractivity contribution >= 4 is 38.9 Å². The third-order valence-corrected chi connectivity index (χ3v) is 6.67. The Labute approximate surface area is 215 Å². The van der Waals surface area contributed by atoms with Crippen LogP contribution in [0.15, 0.2) is 81.8 Å². The first-order valence-electron chi connectivity index (χ1n) is 10.8. The van der Waals surface area contributed by atoms with E-state index in [1.165, 1.54) is 6.07 Å². The third kappa shape index (κ3) is 4.37. The zero-order valence-electron chi connectivity index (χ0n) is 18.9. The van der Waals surface area contributed by atoms with Crippen LogP contribution in [0.25, 0.3) is 11.3 Å². The number of thiocarbonyl (C=S) groups is 1. The van der Waals surface area contributed by atoms with Gasteiger partial charge in [-0.3, -0.25) is 4.98 Å². The molecule has 2 aromatic carbocycles. The van der Waals surface area contributed by atoms with E-state index in [1.54, 1.807) is 44.7 Å². The lowest BCUT2D eigenvalue weighted by Crippen LogP contribution is -2.29. The van der Waals surface area contributed by atoms with E-state index in [4.69, 9.17) is 26.1 Å². The Kier molecular flexibility index (Phi) is 6.44. The highest BCUT2D eigenvalue weighted by atomic mass is 79.9. The Morgan fingerprint density at radius 2 is 1.91 bits per heavy atom. The Morgan fingerprint density at radius 3 is 2.63 bits per heavy atom. The Bertz CT molecular complexity index is 1380. The summed E-state index contributed by atoms with van der Waals surface area (Å²) in [5.74, 6) is 1.89. The monoisotopic (exact) mass is 553 g/mol. The molecule has 1 aliphatic rings. The predicted octanol–water partition coefficient (Wildman–Crippen LogP) is 6.44. The lowest BCUT2D eigenvalue weighted by atomic mass is 10.0. The summed E-state index contributed by atoms with van der Waals surface area (Å²) in [7, 11) is 3.19. The maximum Gasteiger partial charge on any atom is 0.174 e. The van der Waals surface area contributed by atoms with E-state index in [9.17, 15) is 4.39 Å². The van der Waals surface area contributed by atoms with E-state index in [0.717, 1.165) is 11.4 Å². The van der Waals surface area contributed by atoms with Gasteiger partial charge in [0.25, 0.3) is 0 Å². The van der Waals surface area contributed by atoms with Gasteiger partial charge in [0.15, 0.2) is 5.11 Å². The molecule has 178 valence electrons. The molecule has 9 heteroatoms. The Balaban J connectivity index is 1.63. The molecular formula is C26H21BrFN3O3S. The van der Waals surface area contributed by atoms with E-state index in [1.807, 2.05) is 41.3 Å². The van der Waals surface area contributed by atoms with Crippen molar-refractivity contribution in [1.29, 1.82) is 0 Å². The van der Waals surface area contributed by atoms with Crippen molar-refractivity contribution in [2.45, 2.75) is 12.1 Å². The number of pyridine rings is 1. The first-order chi connectivity index (χ1) is 17.0. The van der Waals surface area contributed by atoms with Gasteiger partial charge >= 0.3 is 0 Å². The van der Waals surface area contributed by atoms with Crippen LogP contribution in [-0.2, 0) is 0 Å². The summed E-state index contributed by atoms with van der Waals surface area (Å²) in [5, 5.41) is 3.87. The largest absolute Gasteiger partial charge is 0.497 e. The van der Waals surface area contributed by atoms with Crippen LogP contribution in [0.1, 0.15) is 23.5 Å². The number of rotatable bonds is 6. The van der Waals surface area contributed by atoms with Crippen molar-refractivity contribution in [3.8, 4) is 22.8 Å². The Hall–Kier alpha value is -3.43. The molecule has 0 saturated carbocycles. The van der Waals surface area contributed by atoms with Gasteiger partial charge in [-0.05, 0) is 66.8 Å². The summed E-state index contributed by atoms with van der Waals surface area (Å²) in [6.45, 7) is 0. The van der Waals surface area contributed by atoms with Gasteiger partial charge in [-0.25, -0.2) is 4.39 Å². The molecule has 6 nitrogen and oxygen atoms in total. The molecule has 0 amide bonds. The van der Waals surface area contributed by atoms with E-state index in [0.29, 0.717) is 38.2 Å².